The van der Waals surface area contributed by atoms with Crippen molar-refractivity contribution in [2.24, 2.45) is 0 Å². The van der Waals surface area contributed by atoms with Crippen molar-refractivity contribution in [3.8, 4) is 0 Å². The third-order valence-corrected chi connectivity index (χ3v) is 2.51. The van der Waals surface area contributed by atoms with Crippen LogP contribution in [-0.4, -0.2) is 53.6 Å². The summed E-state index contributed by atoms with van der Waals surface area (Å²) in [5.74, 6) is 0. The van der Waals surface area contributed by atoms with Gasteiger partial charge in [0.1, 0.15) is 0 Å². The minimum atomic E-state index is -0.535. The molecule has 0 aromatic carbocycles. The highest BCUT2D eigenvalue weighted by Crippen LogP contribution is 1.94. The van der Waals surface area contributed by atoms with E-state index in [1.165, 1.54) is 0 Å². The van der Waals surface area contributed by atoms with Gasteiger partial charge in [0.2, 0.25) is 0 Å². The molecule has 6 heteroatoms. The van der Waals surface area contributed by atoms with Crippen LogP contribution in [0.2, 0.25) is 0 Å². The molecule has 1 aromatic heterocycles. The van der Waals surface area contributed by atoms with Crippen molar-refractivity contribution >= 4 is 0 Å². The van der Waals surface area contributed by atoms with Gasteiger partial charge in [0, 0.05) is 25.5 Å². The summed E-state index contributed by atoms with van der Waals surface area (Å²) in [5.41, 5.74) is 1.75. The van der Waals surface area contributed by atoms with Crippen molar-refractivity contribution in [2.45, 2.75) is 39.5 Å². The summed E-state index contributed by atoms with van der Waals surface area (Å²) in [6, 6.07) is 0. The van der Waals surface area contributed by atoms with Gasteiger partial charge in [0.25, 0.3) is 0 Å². The van der Waals surface area contributed by atoms with Gasteiger partial charge in [-0.25, -0.2) is 0 Å². The zero-order valence-electron chi connectivity index (χ0n) is 12.5. The van der Waals surface area contributed by atoms with Crippen LogP contribution in [0.5, 0.6) is 0 Å². The van der Waals surface area contributed by atoms with Crippen LogP contribution in [0.4, 0.5) is 0 Å². The highest BCUT2D eigenvalue weighted by Gasteiger charge is 2.04. The average molecular weight is 283 g/mol. The number of nitrogens with zero attached hydrogens (tertiary/aromatic N) is 2. The van der Waals surface area contributed by atoms with E-state index in [0.717, 1.165) is 11.4 Å². The molecule has 20 heavy (non-hydrogen) atoms. The zero-order valence-corrected chi connectivity index (χ0v) is 12.5. The van der Waals surface area contributed by atoms with Crippen LogP contribution >= 0.6 is 0 Å². The van der Waals surface area contributed by atoms with Crippen molar-refractivity contribution in [1.29, 1.82) is 0 Å². The van der Waals surface area contributed by atoms with E-state index in [1.807, 2.05) is 20.8 Å². The molecule has 114 valence electrons. The predicted octanol–water partition coefficient (Wildman–Crippen LogP) is 0.677. The van der Waals surface area contributed by atoms with Gasteiger partial charge in [-0.1, -0.05) is 0 Å². The molecule has 6 nitrogen and oxygen atoms in total. The number of ether oxygens (including phenoxy) is 2. The normalized spacial score (nSPS) is 12.8. The molecular formula is C14H25N3O3. The van der Waals surface area contributed by atoms with Crippen molar-refractivity contribution in [2.75, 3.05) is 26.4 Å². The van der Waals surface area contributed by atoms with E-state index in [1.54, 1.807) is 12.4 Å². The maximum Gasteiger partial charge on any atom is 0.0897 e. The van der Waals surface area contributed by atoms with Crippen LogP contribution in [0, 0.1) is 6.92 Å². The summed E-state index contributed by atoms with van der Waals surface area (Å²) in [4.78, 5) is 8.38. The summed E-state index contributed by atoms with van der Waals surface area (Å²) in [6.45, 7) is 8.25. The quantitative estimate of drug-likeness (QED) is 0.615. The molecule has 2 N–H and O–H groups in total. The number of hydrogen-bond acceptors (Lipinski definition) is 6. The van der Waals surface area contributed by atoms with Crippen molar-refractivity contribution in [3.05, 3.63) is 23.8 Å². The van der Waals surface area contributed by atoms with Crippen LogP contribution in [0.25, 0.3) is 0 Å². The second-order valence-corrected chi connectivity index (χ2v) is 4.93. The molecule has 1 aromatic rings. The lowest BCUT2D eigenvalue weighted by molar-refractivity contribution is -0.0100. The molecule has 0 fully saturated rings. The van der Waals surface area contributed by atoms with Crippen LogP contribution in [0.15, 0.2) is 12.4 Å². The second-order valence-electron chi connectivity index (χ2n) is 4.93. The maximum atomic E-state index is 9.72. The van der Waals surface area contributed by atoms with E-state index < -0.39 is 6.10 Å². The Morgan fingerprint density at radius 1 is 1.25 bits per heavy atom. The molecule has 0 aliphatic carbocycles. The lowest BCUT2D eigenvalue weighted by Crippen LogP contribution is -2.30. The summed E-state index contributed by atoms with van der Waals surface area (Å²) in [6.07, 6.45) is 3.13. The van der Waals surface area contributed by atoms with Gasteiger partial charge < -0.3 is 19.9 Å². The molecule has 1 atom stereocenters. The summed E-state index contributed by atoms with van der Waals surface area (Å²) < 4.78 is 10.7. The first-order chi connectivity index (χ1) is 9.58. The zero-order chi connectivity index (χ0) is 14.8. The summed E-state index contributed by atoms with van der Waals surface area (Å²) >= 11 is 0. The topological polar surface area (TPSA) is 76.5 Å². The van der Waals surface area contributed by atoms with Gasteiger partial charge in [-0.2, -0.15) is 0 Å². The van der Waals surface area contributed by atoms with Gasteiger partial charge in [-0.15, -0.1) is 0 Å². The van der Waals surface area contributed by atoms with E-state index in [4.69, 9.17) is 9.47 Å². The van der Waals surface area contributed by atoms with E-state index in [-0.39, 0.29) is 6.10 Å². The Balaban J connectivity index is 2.02. The fraction of sp³-hybridized carbons (Fsp3) is 0.714. The van der Waals surface area contributed by atoms with Crippen molar-refractivity contribution in [1.82, 2.24) is 15.3 Å². The van der Waals surface area contributed by atoms with Crippen LogP contribution in [-0.2, 0) is 16.0 Å². The third-order valence-electron chi connectivity index (χ3n) is 2.51. The Hall–Kier alpha value is -1.08. The minimum absolute atomic E-state index is 0.209. The van der Waals surface area contributed by atoms with Gasteiger partial charge in [-0.3, -0.25) is 9.97 Å². The van der Waals surface area contributed by atoms with E-state index >= 15 is 0 Å². The largest absolute Gasteiger partial charge is 0.389 e. The highest BCUT2D eigenvalue weighted by molar-refractivity contribution is 5.00. The van der Waals surface area contributed by atoms with E-state index in [9.17, 15) is 5.11 Å². The molecular weight excluding hydrogens is 258 g/mol. The third kappa shape index (κ3) is 8.16. The molecule has 1 unspecified atom stereocenters. The van der Waals surface area contributed by atoms with Crippen molar-refractivity contribution in [3.63, 3.8) is 0 Å². The van der Waals surface area contributed by atoms with Crippen LogP contribution in [0.1, 0.15) is 25.2 Å². The lowest BCUT2D eigenvalue weighted by atomic mass is 10.3. The van der Waals surface area contributed by atoms with Crippen LogP contribution in [0.3, 0.4) is 0 Å². The first-order valence-electron chi connectivity index (χ1n) is 6.93. The molecule has 1 heterocycles. The van der Waals surface area contributed by atoms with Crippen LogP contribution < -0.4 is 5.32 Å². The molecule has 0 radical (unpaired) electrons. The molecule has 0 spiro atoms. The Labute approximate surface area is 120 Å². The molecule has 0 aliphatic rings. The molecule has 1 rings (SSSR count). The maximum absolute atomic E-state index is 9.72. The lowest BCUT2D eigenvalue weighted by Gasteiger charge is -2.13. The first kappa shape index (κ1) is 17.0. The number of aliphatic hydroxyl groups excluding tert-OH is 1. The summed E-state index contributed by atoms with van der Waals surface area (Å²) in [7, 11) is 0. The number of aryl methyl sites for hydroxylation is 1. The number of aromatic nitrogens is 2. The molecule has 0 amide bonds. The standard InChI is InChI=1S/C14H25N3O3/c1-11(2)20-5-4-19-10-14(18)9-15-7-13-8-16-12(3)6-17-13/h6,8,11,14-15,18H,4-5,7,9-10H2,1-3H3. The van der Waals surface area contributed by atoms with Gasteiger partial charge in [-0.05, 0) is 20.8 Å². The molecule has 0 saturated heterocycles. The predicted molar refractivity (Wildman–Crippen MR) is 76.4 cm³/mol. The number of rotatable bonds is 10. The highest BCUT2D eigenvalue weighted by atomic mass is 16.5. The Morgan fingerprint density at radius 3 is 2.70 bits per heavy atom. The number of aliphatic hydroxyl groups is 1. The Kier molecular flexibility index (Phi) is 8.29. The minimum Gasteiger partial charge on any atom is -0.389 e. The fourth-order valence-electron chi connectivity index (χ4n) is 1.50. The molecule has 0 bridgehead atoms. The number of hydrogen-bond donors (Lipinski definition) is 2. The van der Waals surface area contributed by atoms with E-state index in [2.05, 4.69) is 15.3 Å². The molecule has 0 aliphatic heterocycles. The second kappa shape index (κ2) is 9.77. The molecule has 0 saturated carbocycles. The van der Waals surface area contributed by atoms with Crippen molar-refractivity contribution < 1.29 is 14.6 Å². The summed E-state index contributed by atoms with van der Waals surface area (Å²) in [5, 5.41) is 12.8. The first-order valence-corrected chi connectivity index (χ1v) is 6.93. The monoisotopic (exact) mass is 283 g/mol. The number of nitrogens with one attached hydrogen (secondary N) is 1. The smallest absolute Gasteiger partial charge is 0.0897 e. The Bertz CT molecular complexity index is 357. The van der Waals surface area contributed by atoms with Gasteiger partial charge >= 0.3 is 0 Å². The van der Waals surface area contributed by atoms with Gasteiger partial charge in [0.05, 0.1) is 43.4 Å². The SMILES string of the molecule is Cc1cnc(CNCC(O)COCCOC(C)C)cn1. The average Bonchev–Trinajstić information content (AvgIpc) is 2.40. The van der Waals surface area contributed by atoms with E-state index in [0.29, 0.717) is 32.9 Å². The van der Waals surface area contributed by atoms with Gasteiger partial charge in [0.15, 0.2) is 0 Å². The fourth-order valence-corrected chi connectivity index (χ4v) is 1.50. The Morgan fingerprint density at radius 2 is 2.05 bits per heavy atom.